The van der Waals surface area contributed by atoms with Crippen molar-refractivity contribution in [3.63, 3.8) is 0 Å². The highest BCUT2D eigenvalue weighted by Crippen LogP contribution is 2.23. The Hall–Kier alpha value is -0.960. The van der Waals surface area contributed by atoms with Crippen molar-refractivity contribution < 1.29 is 13.2 Å². The summed E-state index contributed by atoms with van der Waals surface area (Å²) in [4.78, 5) is 0. The predicted molar refractivity (Wildman–Crippen MR) is 79.3 cm³/mol. The molecule has 1 aromatic heterocycles. The van der Waals surface area contributed by atoms with Crippen LogP contribution in [-0.4, -0.2) is 44.4 Å². The van der Waals surface area contributed by atoms with Gasteiger partial charge in [0.15, 0.2) is 5.03 Å². The number of sulfonamides is 1. The molecule has 1 aliphatic rings. The number of nitrogens with zero attached hydrogens (tertiary/aromatic N) is 1. The summed E-state index contributed by atoms with van der Waals surface area (Å²) in [6.45, 7) is 3.39. The first kappa shape index (κ1) is 16.4. The first-order valence-electron chi connectivity index (χ1n) is 7.36. The lowest BCUT2D eigenvalue weighted by Gasteiger charge is -2.19. The van der Waals surface area contributed by atoms with E-state index in [2.05, 4.69) is 27.2 Å². The number of hydrogen-bond acceptors (Lipinski definition) is 5. The molecule has 0 amide bonds. The molecular weight excluding hydrogens is 292 g/mol. The quantitative estimate of drug-likeness (QED) is 0.615. The average Bonchev–Trinajstić information content (AvgIpc) is 3.07. The molecule has 7 nitrogen and oxygen atoms in total. The van der Waals surface area contributed by atoms with Crippen LogP contribution < -0.4 is 10.0 Å². The fraction of sp³-hybridized carbons (Fsp3) is 0.769. The average molecular weight is 316 g/mol. The van der Waals surface area contributed by atoms with E-state index < -0.39 is 10.0 Å². The van der Waals surface area contributed by atoms with Crippen LogP contribution in [0.15, 0.2) is 11.2 Å². The van der Waals surface area contributed by atoms with Gasteiger partial charge in [0.1, 0.15) is 0 Å². The van der Waals surface area contributed by atoms with Crippen LogP contribution in [-0.2, 0) is 21.3 Å². The van der Waals surface area contributed by atoms with Gasteiger partial charge in [0.05, 0.1) is 12.3 Å². The molecule has 1 aliphatic carbocycles. The summed E-state index contributed by atoms with van der Waals surface area (Å²) < 4.78 is 33.1. The summed E-state index contributed by atoms with van der Waals surface area (Å²) in [5.74, 6) is 0. The predicted octanol–water partition coefficient (Wildman–Crippen LogP) is 0.755. The van der Waals surface area contributed by atoms with Gasteiger partial charge in [-0.2, -0.15) is 5.10 Å². The smallest absolute Gasteiger partial charge is 0.258 e. The highest BCUT2D eigenvalue weighted by Gasteiger charge is 2.32. The van der Waals surface area contributed by atoms with E-state index in [-0.39, 0.29) is 17.2 Å². The summed E-state index contributed by atoms with van der Waals surface area (Å²) in [6, 6.07) is -0.167. The van der Waals surface area contributed by atoms with Crippen LogP contribution in [0.4, 0.5) is 0 Å². The molecule has 0 bridgehead atoms. The standard InChI is InChI=1S/C13H24N4O3S/c1-3-7-14-8-10-9-15-16-13(10)21(18,19)17-11-5-4-6-12(11)20-2/h9,11-12,14,17H,3-8H2,1-2H3,(H,15,16). The second-order valence-electron chi connectivity index (χ2n) is 5.33. The first-order chi connectivity index (χ1) is 10.1. The summed E-state index contributed by atoms with van der Waals surface area (Å²) in [6.07, 6.45) is 5.16. The lowest BCUT2D eigenvalue weighted by atomic mass is 10.2. The molecule has 0 radical (unpaired) electrons. The van der Waals surface area contributed by atoms with E-state index in [1.54, 1.807) is 13.3 Å². The minimum absolute atomic E-state index is 0.0515. The Morgan fingerprint density at radius 1 is 1.48 bits per heavy atom. The monoisotopic (exact) mass is 316 g/mol. The zero-order valence-electron chi connectivity index (χ0n) is 12.6. The zero-order chi connectivity index (χ0) is 15.3. The van der Waals surface area contributed by atoms with Crippen molar-refractivity contribution in [2.45, 2.75) is 56.3 Å². The molecular formula is C13H24N4O3S. The molecule has 21 heavy (non-hydrogen) atoms. The SMILES string of the molecule is CCCNCc1cn[nH]c1S(=O)(=O)NC1CCCC1OC. The Kier molecular flexibility index (Phi) is 5.74. The van der Waals surface area contributed by atoms with Crippen LogP contribution in [0, 0.1) is 0 Å². The number of aromatic amines is 1. The number of rotatable bonds is 8. The minimum Gasteiger partial charge on any atom is -0.380 e. The maximum atomic E-state index is 12.5. The third-order valence-corrected chi connectivity index (χ3v) is 5.25. The van der Waals surface area contributed by atoms with E-state index in [4.69, 9.17) is 4.74 Å². The van der Waals surface area contributed by atoms with Gasteiger partial charge in [-0.3, -0.25) is 5.10 Å². The Morgan fingerprint density at radius 2 is 2.29 bits per heavy atom. The molecule has 0 saturated heterocycles. The van der Waals surface area contributed by atoms with Crippen LogP contribution >= 0.6 is 0 Å². The highest BCUT2D eigenvalue weighted by molar-refractivity contribution is 7.89. The molecule has 8 heteroatoms. The number of methoxy groups -OCH3 is 1. The van der Waals surface area contributed by atoms with E-state index in [1.165, 1.54) is 0 Å². The van der Waals surface area contributed by atoms with Crippen molar-refractivity contribution in [2.75, 3.05) is 13.7 Å². The van der Waals surface area contributed by atoms with Crippen molar-refractivity contribution in [1.29, 1.82) is 0 Å². The van der Waals surface area contributed by atoms with Crippen molar-refractivity contribution in [1.82, 2.24) is 20.2 Å². The largest absolute Gasteiger partial charge is 0.380 e. The van der Waals surface area contributed by atoms with Gasteiger partial charge >= 0.3 is 0 Å². The summed E-state index contributed by atoms with van der Waals surface area (Å²) in [5, 5.41) is 9.80. The van der Waals surface area contributed by atoms with Crippen molar-refractivity contribution >= 4 is 10.0 Å². The fourth-order valence-electron chi connectivity index (χ4n) is 2.66. The van der Waals surface area contributed by atoms with Crippen molar-refractivity contribution in [3.8, 4) is 0 Å². The molecule has 2 rings (SSSR count). The zero-order valence-corrected chi connectivity index (χ0v) is 13.4. The van der Waals surface area contributed by atoms with Crippen LogP contribution in [0.3, 0.4) is 0 Å². The molecule has 3 N–H and O–H groups in total. The maximum absolute atomic E-state index is 12.5. The van der Waals surface area contributed by atoms with Gasteiger partial charge < -0.3 is 10.1 Å². The lowest BCUT2D eigenvalue weighted by molar-refractivity contribution is 0.0916. The van der Waals surface area contributed by atoms with Gasteiger partial charge in [0.25, 0.3) is 10.0 Å². The fourth-order valence-corrected chi connectivity index (χ4v) is 4.09. The van der Waals surface area contributed by atoms with E-state index in [0.29, 0.717) is 12.1 Å². The highest BCUT2D eigenvalue weighted by atomic mass is 32.2. The van der Waals surface area contributed by atoms with Gasteiger partial charge in [-0.25, -0.2) is 13.1 Å². The topological polar surface area (TPSA) is 96.1 Å². The molecule has 120 valence electrons. The molecule has 1 saturated carbocycles. The minimum atomic E-state index is -3.60. The molecule has 1 aromatic rings. The van der Waals surface area contributed by atoms with Crippen LogP contribution in [0.25, 0.3) is 0 Å². The first-order valence-corrected chi connectivity index (χ1v) is 8.85. The van der Waals surface area contributed by atoms with Crippen LogP contribution in [0.1, 0.15) is 38.2 Å². The van der Waals surface area contributed by atoms with Crippen LogP contribution in [0.5, 0.6) is 0 Å². The maximum Gasteiger partial charge on any atom is 0.258 e. The molecule has 2 atom stereocenters. The normalized spacial score (nSPS) is 22.8. The molecule has 0 spiro atoms. The molecule has 1 heterocycles. The molecule has 0 aromatic carbocycles. The van der Waals surface area contributed by atoms with Gasteiger partial charge in [-0.15, -0.1) is 0 Å². The molecule has 2 unspecified atom stereocenters. The molecule has 0 aliphatic heterocycles. The number of aromatic nitrogens is 2. The van der Waals surface area contributed by atoms with E-state index in [0.717, 1.165) is 32.2 Å². The second kappa shape index (κ2) is 7.35. The Labute approximate surface area is 125 Å². The van der Waals surface area contributed by atoms with Gasteiger partial charge in [-0.1, -0.05) is 6.92 Å². The molecule has 1 fully saturated rings. The van der Waals surface area contributed by atoms with Crippen molar-refractivity contribution in [2.24, 2.45) is 0 Å². The third kappa shape index (κ3) is 4.03. The number of ether oxygens (including phenoxy) is 1. The Morgan fingerprint density at radius 3 is 3.00 bits per heavy atom. The van der Waals surface area contributed by atoms with Gasteiger partial charge in [0.2, 0.25) is 0 Å². The van der Waals surface area contributed by atoms with Gasteiger partial charge in [0, 0.05) is 25.3 Å². The lowest BCUT2D eigenvalue weighted by Crippen LogP contribution is -2.41. The van der Waals surface area contributed by atoms with E-state index in [9.17, 15) is 8.42 Å². The van der Waals surface area contributed by atoms with Crippen LogP contribution in [0.2, 0.25) is 0 Å². The van der Waals surface area contributed by atoms with Crippen molar-refractivity contribution in [3.05, 3.63) is 11.8 Å². The second-order valence-corrected chi connectivity index (χ2v) is 6.98. The van der Waals surface area contributed by atoms with Gasteiger partial charge in [-0.05, 0) is 32.2 Å². The number of hydrogen-bond donors (Lipinski definition) is 3. The Bertz CT molecular complexity index is 543. The third-order valence-electron chi connectivity index (χ3n) is 3.75. The van der Waals surface area contributed by atoms with E-state index >= 15 is 0 Å². The summed E-state index contributed by atoms with van der Waals surface area (Å²) in [5.41, 5.74) is 0.655. The Balaban J connectivity index is 2.07. The summed E-state index contributed by atoms with van der Waals surface area (Å²) >= 11 is 0. The van der Waals surface area contributed by atoms with E-state index in [1.807, 2.05) is 0 Å². The summed E-state index contributed by atoms with van der Waals surface area (Å²) in [7, 11) is -1.98. The number of nitrogens with one attached hydrogen (secondary N) is 3. The number of H-pyrrole nitrogens is 1.